The highest BCUT2D eigenvalue weighted by Gasteiger charge is 2.47. The molecule has 3 aliphatic rings. The monoisotopic (exact) mass is 1460 g/mol. The molecular formula is C73H113N11O20. The minimum Gasteiger partial charge on any atom is -0.445 e. The minimum absolute atomic E-state index is 0.0709. The molecule has 31 heteroatoms. The molecule has 12 amide bonds. The van der Waals surface area contributed by atoms with E-state index in [0.717, 1.165) is 9.80 Å². The van der Waals surface area contributed by atoms with Crippen LogP contribution >= 0.6 is 0 Å². The van der Waals surface area contributed by atoms with Crippen LogP contribution in [0.2, 0.25) is 0 Å². The summed E-state index contributed by atoms with van der Waals surface area (Å²) in [6.45, 7) is 17.5. The largest absolute Gasteiger partial charge is 0.445 e. The summed E-state index contributed by atoms with van der Waals surface area (Å²) in [5, 5.41) is 61.3. The van der Waals surface area contributed by atoms with Crippen molar-refractivity contribution in [1.82, 2.24) is 46.6 Å². The van der Waals surface area contributed by atoms with Crippen molar-refractivity contribution in [3.8, 4) is 0 Å². The molecule has 13 N–H and O–H groups in total. The van der Waals surface area contributed by atoms with Crippen molar-refractivity contribution in [2.75, 3.05) is 52.8 Å². The van der Waals surface area contributed by atoms with Crippen molar-refractivity contribution < 1.29 is 96.9 Å². The van der Waals surface area contributed by atoms with Gasteiger partial charge in [0.25, 0.3) is 11.8 Å². The number of amides is 12. The molecule has 104 heavy (non-hydrogen) atoms. The third kappa shape index (κ3) is 24.7. The Morgan fingerprint density at radius 1 is 0.712 bits per heavy atom. The van der Waals surface area contributed by atoms with E-state index in [4.69, 9.17) is 29.4 Å². The summed E-state index contributed by atoms with van der Waals surface area (Å²) in [6.07, 6.45) is -5.40. The Hall–Kier alpha value is -8.17. The van der Waals surface area contributed by atoms with Gasteiger partial charge in [-0.15, -0.1) is 0 Å². The number of anilines is 1. The predicted molar refractivity (Wildman–Crippen MR) is 381 cm³/mol. The summed E-state index contributed by atoms with van der Waals surface area (Å²) < 4.78 is 29.6. The summed E-state index contributed by atoms with van der Waals surface area (Å²) >= 11 is 0. The molecule has 3 heterocycles. The van der Waals surface area contributed by atoms with E-state index in [1.54, 1.807) is 115 Å². The lowest BCUT2D eigenvalue weighted by molar-refractivity contribution is -0.314. The van der Waals surface area contributed by atoms with E-state index < -0.39 is 163 Å². The second-order valence-corrected chi connectivity index (χ2v) is 28.2. The molecule has 0 spiro atoms. The molecule has 0 aromatic heterocycles. The minimum atomic E-state index is -1.70. The maximum absolute atomic E-state index is 14.6. The normalized spacial score (nSPS) is 21.3. The van der Waals surface area contributed by atoms with Crippen LogP contribution in [-0.2, 0) is 73.4 Å². The number of ether oxygens (including phenoxy) is 5. The average Bonchev–Trinajstić information content (AvgIpc) is 0.955. The molecule has 0 bridgehead atoms. The number of imide groups is 1. The Kier molecular flexibility index (Phi) is 35.0. The number of carbonyl (C=O) groups is 11. The molecule has 0 saturated carbocycles. The van der Waals surface area contributed by atoms with Gasteiger partial charge in [-0.1, -0.05) is 118 Å². The Morgan fingerprint density at radius 3 is 1.93 bits per heavy atom. The first kappa shape index (κ1) is 86.5. The zero-order chi connectivity index (χ0) is 77.2. The molecule has 2 aromatic carbocycles. The van der Waals surface area contributed by atoms with Gasteiger partial charge >= 0.3 is 12.1 Å². The van der Waals surface area contributed by atoms with E-state index in [-0.39, 0.29) is 74.9 Å². The summed E-state index contributed by atoms with van der Waals surface area (Å²) in [6, 6.07) is 7.90. The lowest BCUT2D eigenvalue weighted by Gasteiger charge is -2.42. The number of primary amides is 1. The molecule has 2 aromatic rings. The molecular weight excluding hydrogens is 1350 g/mol. The van der Waals surface area contributed by atoms with E-state index in [2.05, 4.69) is 37.2 Å². The van der Waals surface area contributed by atoms with Crippen LogP contribution in [0.1, 0.15) is 151 Å². The highest BCUT2D eigenvalue weighted by Crippen LogP contribution is 2.33. The molecule has 17 unspecified atom stereocenters. The standard InChI is InChI=1S/C73H113N11O20/c1-14-43(8)59(51(100-12)37-56(89)83-36-22-26-50(83)64(101-13)44(9)66(93)76-45(10)65(47-23-17-15-18-24-47)104-71-63(92)62(91)61(90)52(38-85)103-71)81-69(96)58(41(4)5)80-70(97)60(42(6)7)82(11)73(99)102-39-46-28-30-48(31-29-46)77-67(94)49(25-21-34-75-72(74)98)78-68(95)57(40(2)3)79-53(86)27-19-16-20-35-84-54(87)32-33-55(84)88/h15,17-18,23-24,28-33,40-45,49-52,57-65,71,85,90-92H,14,16,19-22,25-27,34-39H2,1-13H3,(H,76,93)(H,77,94)(H,78,95)(H,79,86)(H,80,97)(H,81,96)(H3,74,75,98). The number of carbonyl (C=O) groups excluding carboxylic acids is 11. The van der Waals surface area contributed by atoms with Crippen molar-refractivity contribution in [1.29, 1.82) is 0 Å². The van der Waals surface area contributed by atoms with Gasteiger partial charge in [0.2, 0.25) is 41.4 Å². The number of unbranched alkanes of at least 4 members (excludes halogenated alkanes) is 2. The van der Waals surface area contributed by atoms with Gasteiger partial charge in [0.15, 0.2) is 6.29 Å². The molecule has 0 aliphatic carbocycles. The summed E-state index contributed by atoms with van der Waals surface area (Å²) in [4.78, 5) is 151. The van der Waals surface area contributed by atoms with Crippen molar-refractivity contribution in [3.05, 3.63) is 77.9 Å². The number of nitrogens with zero attached hydrogens (tertiary/aromatic N) is 3. The van der Waals surface area contributed by atoms with E-state index in [0.29, 0.717) is 61.9 Å². The van der Waals surface area contributed by atoms with Crippen LogP contribution in [0.4, 0.5) is 15.3 Å². The fourth-order valence-electron chi connectivity index (χ4n) is 13.1. The Morgan fingerprint density at radius 2 is 1.35 bits per heavy atom. The topological polar surface area (TPSA) is 435 Å². The van der Waals surface area contributed by atoms with Gasteiger partial charge in [-0.2, -0.15) is 0 Å². The van der Waals surface area contributed by atoms with Gasteiger partial charge in [-0.05, 0) is 92.4 Å². The SMILES string of the molecule is CCC(C)C(NC(=O)C(NC(=O)C(C(C)C)N(C)C(=O)OCc1ccc(NC(=O)C(CCCNC(N)=O)NC(=O)C(NC(=O)CCCCCN2C(=O)C=CC2=O)C(C)C)cc1)C(C)C)C(CC(=O)N1CCCC1C(OC)C(C)C(=O)NC(C)C(OC1OC(CO)C(O)C(O)C1O)c1ccccc1)OC. The van der Waals surface area contributed by atoms with E-state index >= 15 is 0 Å². The quantitative estimate of drug-likeness (QED) is 0.0336. The molecule has 0 radical (unpaired) electrons. The van der Waals surface area contributed by atoms with Crippen molar-refractivity contribution in [2.45, 2.75) is 231 Å². The maximum atomic E-state index is 14.6. The molecule has 580 valence electrons. The number of hydrogen-bond donors (Lipinski definition) is 12. The van der Waals surface area contributed by atoms with Crippen LogP contribution in [0.25, 0.3) is 0 Å². The van der Waals surface area contributed by atoms with Gasteiger partial charge in [-0.3, -0.25) is 53.0 Å². The van der Waals surface area contributed by atoms with Gasteiger partial charge in [0, 0.05) is 65.2 Å². The van der Waals surface area contributed by atoms with Crippen LogP contribution in [0.5, 0.6) is 0 Å². The molecule has 2 fully saturated rings. The van der Waals surface area contributed by atoms with E-state index in [1.807, 2.05) is 13.8 Å². The lowest BCUT2D eigenvalue weighted by Crippen LogP contribution is -2.60. The third-order valence-electron chi connectivity index (χ3n) is 19.4. The fraction of sp³-hybridized carbons (Fsp3) is 0.658. The zero-order valence-electron chi connectivity index (χ0n) is 62.2. The predicted octanol–water partition coefficient (Wildman–Crippen LogP) is 2.56. The number of likely N-dealkylation sites (tertiary alicyclic amines) is 1. The fourth-order valence-corrected chi connectivity index (χ4v) is 13.1. The lowest BCUT2D eigenvalue weighted by atomic mass is 9.90. The highest BCUT2D eigenvalue weighted by atomic mass is 16.7. The number of aliphatic hydroxyl groups is 4. The summed E-state index contributed by atoms with van der Waals surface area (Å²) in [5.74, 6) is -6.72. The number of benzene rings is 2. The van der Waals surface area contributed by atoms with Gasteiger partial charge in [-0.25, -0.2) is 9.59 Å². The summed E-state index contributed by atoms with van der Waals surface area (Å²) in [5.41, 5.74) is 6.66. The first-order valence-electron chi connectivity index (χ1n) is 36.0. The van der Waals surface area contributed by atoms with E-state index in [1.165, 1.54) is 33.4 Å². The van der Waals surface area contributed by atoms with Gasteiger partial charge in [0.05, 0.1) is 49.3 Å². The summed E-state index contributed by atoms with van der Waals surface area (Å²) in [7, 11) is 4.32. The van der Waals surface area contributed by atoms with Crippen molar-refractivity contribution in [2.24, 2.45) is 35.3 Å². The highest BCUT2D eigenvalue weighted by molar-refractivity contribution is 6.12. The molecule has 5 rings (SSSR count). The van der Waals surface area contributed by atoms with Gasteiger partial charge < -0.3 is 92.0 Å². The number of aliphatic hydroxyl groups excluding tert-OH is 4. The van der Waals surface area contributed by atoms with Crippen LogP contribution in [-0.4, -0.2) is 233 Å². The number of likely N-dealkylation sites (N-methyl/N-ethyl adjacent to an activating group) is 1. The van der Waals surface area contributed by atoms with Crippen LogP contribution < -0.4 is 43.0 Å². The maximum Gasteiger partial charge on any atom is 0.410 e. The number of urea groups is 1. The molecule has 17 atom stereocenters. The number of nitrogens with two attached hydrogens (primary N) is 1. The Bertz CT molecular complexity index is 3180. The molecule has 31 nitrogen and oxygen atoms in total. The second-order valence-electron chi connectivity index (χ2n) is 28.2. The second kappa shape index (κ2) is 42.1. The molecule has 3 aliphatic heterocycles. The number of nitrogens with one attached hydrogen (secondary N) is 7. The Balaban J connectivity index is 1.17. The smallest absolute Gasteiger partial charge is 0.410 e. The Labute approximate surface area is 609 Å². The van der Waals surface area contributed by atoms with Crippen LogP contribution in [0, 0.1) is 29.6 Å². The number of hydrogen-bond acceptors (Lipinski definition) is 20. The number of rotatable bonds is 41. The van der Waals surface area contributed by atoms with Crippen molar-refractivity contribution >= 4 is 71.0 Å². The van der Waals surface area contributed by atoms with Crippen molar-refractivity contribution in [3.63, 3.8) is 0 Å². The van der Waals surface area contributed by atoms with Crippen LogP contribution in [0.15, 0.2) is 66.7 Å². The third-order valence-corrected chi connectivity index (χ3v) is 19.4. The van der Waals surface area contributed by atoms with Crippen LogP contribution in [0.3, 0.4) is 0 Å². The average molecular weight is 1460 g/mol. The van der Waals surface area contributed by atoms with E-state index in [9.17, 15) is 73.2 Å². The number of methoxy groups -OCH3 is 2. The zero-order valence-corrected chi connectivity index (χ0v) is 62.2. The molecule has 2 saturated heterocycles. The van der Waals surface area contributed by atoms with Gasteiger partial charge in [0.1, 0.15) is 61.3 Å². The first-order chi connectivity index (χ1) is 49.3. The first-order valence-corrected chi connectivity index (χ1v) is 36.0.